The van der Waals surface area contributed by atoms with Crippen molar-refractivity contribution in [2.75, 3.05) is 13.4 Å². The van der Waals surface area contributed by atoms with Crippen LogP contribution in [-0.4, -0.2) is 37.5 Å². The second kappa shape index (κ2) is 5.76. The van der Waals surface area contributed by atoms with Crippen molar-refractivity contribution in [3.8, 4) is 17.1 Å². The first-order chi connectivity index (χ1) is 11.3. The standard InChI is InChI=1S/C17H16N2O4S/c1-10(20)11-4-7-14-15(8-11)19-17(18-14)13-6-5-12(24(3,21)22)9-16(13)23-2/h4-9H,1-3H3,(H,18,19). The molecule has 0 atom stereocenters. The maximum absolute atomic E-state index is 11.7. The first-order valence-electron chi connectivity index (χ1n) is 7.19. The molecule has 0 bridgehead atoms. The number of benzene rings is 2. The van der Waals surface area contributed by atoms with Gasteiger partial charge in [0.2, 0.25) is 0 Å². The normalized spacial score (nSPS) is 11.6. The first-order valence-corrected chi connectivity index (χ1v) is 9.08. The molecule has 0 spiro atoms. The molecular formula is C17H16N2O4S. The van der Waals surface area contributed by atoms with Crippen LogP contribution in [0.25, 0.3) is 22.4 Å². The molecule has 0 saturated heterocycles. The molecule has 7 heteroatoms. The van der Waals surface area contributed by atoms with Gasteiger partial charge in [0, 0.05) is 11.8 Å². The maximum Gasteiger partial charge on any atom is 0.175 e. The minimum Gasteiger partial charge on any atom is -0.496 e. The molecule has 0 aliphatic rings. The van der Waals surface area contributed by atoms with Gasteiger partial charge in [0.05, 0.1) is 28.6 Å². The molecule has 0 radical (unpaired) electrons. The van der Waals surface area contributed by atoms with Gasteiger partial charge in [-0.2, -0.15) is 0 Å². The van der Waals surface area contributed by atoms with E-state index in [4.69, 9.17) is 4.74 Å². The molecule has 0 aliphatic heterocycles. The summed E-state index contributed by atoms with van der Waals surface area (Å²) in [5.74, 6) is 0.919. The summed E-state index contributed by atoms with van der Waals surface area (Å²) in [5.41, 5.74) is 2.67. The lowest BCUT2D eigenvalue weighted by Crippen LogP contribution is -1.99. The number of methoxy groups -OCH3 is 1. The van der Waals surface area contributed by atoms with Crippen LogP contribution < -0.4 is 4.74 Å². The number of aromatic nitrogens is 2. The molecule has 124 valence electrons. The molecule has 1 aromatic heterocycles. The van der Waals surface area contributed by atoms with Gasteiger partial charge in [0.25, 0.3) is 0 Å². The Morgan fingerprint density at radius 3 is 2.54 bits per heavy atom. The summed E-state index contributed by atoms with van der Waals surface area (Å²) in [6.45, 7) is 1.50. The molecule has 1 heterocycles. The summed E-state index contributed by atoms with van der Waals surface area (Å²) in [7, 11) is -1.85. The van der Waals surface area contributed by atoms with E-state index in [-0.39, 0.29) is 10.7 Å². The minimum absolute atomic E-state index is 0.0310. The van der Waals surface area contributed by atoms with Gasteiger partial charge in [-0.1, -0.05) is 0 Å². The molecule has 0 fully saturated rings. The number of nitrogens with one attached hydrogen (secondary N) is 1. The molecule has 0 saturated carbocycles. The van der Waals surface area contributed by atoms with Crippen LogP contribution in [0.5, 0.6) is 5.75 Å². The molecule has 0 amide bonds. The van der Waals surface area contributed by atoms with Crippen LogP contribution in [0.3, 0.4) is 0 Å². The highest BCUT2D eigenvalue weighted by Crippen LogP contribution is 2.31. The summed E-state index contributed by atoms with van der Waals surface area (Å²) >= 11 is 0. The number of carbonyl (C=O) groups is 1. The Hall–Kier alpha value is -2.67. The van der Waals surface area contributed by atoms with Crippen molar-refractivity contribution in [2.45, 2.75) is 11.8 Å². The number of imidazole rings is 1. The summed E-state index contributed by atoms with van der Waals surface area (Å²) in [5, 5.41) is 0. The van der Waals surface area contributed by atoms with Crippen LogP contribution in [-0.2, 0) is 9.84 Å². The van der Waals surface area contributed by atoms with E-state index in [0.717, 1.165) is 11.8 Å². The maximum atomic E-state index is 11.7. The van der Waals surface area contributed by atoms with Crippen molar-refractivity contribution in [3.63, 3.8) is 0 Å². The molecule has 1 N–H and O–H groups in total. The number of ether oxygens (including phenoxy) is 1. The Labute approximate surface area is 139 Å². The lowest BCUT2D eigenvalue weighted by Gasteiger charge is -2.08. The smallest absolute Gasteiger partial charge is 0.175 e. The monoisotopic (exact) mass is 344 g/mol. The third-order valence-corrected chi connectivity index (χ3v) is 4.86. The second-order valence-corrected chi connectivity index (χ2v) is 7.52. The van der Waals surface area contributed by atoms with E-state index in [1.807, 2.05) is 0 Å². The Balaban J connectivity index is 2.14. The zero-order valence-corrected chi connectivity index (χ0v) is 14.3. The molecule has 0 unspecified atom stereocenters. The Morgan fingerprint density at radius 2 is 1.92 bits per heavy atom. The lowest BCUT2D eigenvalue weighted by atomic mass is 10.1. The fraction of sp³-hybridized carbons (Fsp3) is 0.176. The van der Waals surface area contributed by atoms with Gasteiger partial charge < -0.3 is 9.72 Å². The predicted molar refractivity (Wildman–Crippen MR) is 91.2 cm³/mol. The number of aromatic amines is 1. The van der Waals surface area contributed by atoms with Crippen LogP contribution in [0.1, 0.15) is 17.3 Å². The summed E-state index contributed by atoms with van der Waals surface area (Å²) in [4.78, 5) is 19.3. The van der Waals surface area contributed by atoms with Gasteiger partial charge >= 0.3 is 0 Å². The van der Waals surface area contributed by atoms with Gasteiger partial charge in [-0.3, -0.25) is 4.79 Å². The minimum atomic E-state index is -3.32. The number of H-pyrrole nitrogens is 1. The Morgan fingerprint density at radius 1 is 1.17 bits per heavy atom. The van der Waals surface area contributed by atoms with E-state index < -0.39 is 9.84 Å². The van der Waals surface area contributed by atoms with Crippen molar-refractivity contribution >= 4 is 26.7 Å². The van der Waals surface area contributed by atoms with Crippen molar-refractivity contribution < 1.29 is 17.9 Å². The lowest BCUT2D eigenvalue weighted by molar-refractivity contribution is 0.101. The van der Waals surface area contributed by atoms with Crippen molar-refractivity contribution in [2.24, 2.45) is 0 Å². The summed E-state index contributed by atoms with van der Waals surface area (Å²) in [6.07, 6.45) is 1.14. The van der Waals surface area contributed by atoms with Crippen molar-refractivity contribution in [1.29, 1.82) is 0 Å². The third kappa shape index (κ3) is 2.90. The number of Topliss-reactive ketones (excluding diaryl/α,β-unsaturated/α-hetero) is 1. The topological polar surface area (TPSA) is 89.1 Å². The highest BCUT2D eigenvalue weighted by Gasteiger charge is 2.15. The van der Waals surface area contributed by atoms with E-state index >= 15 is 0 Å². The SMILES string of the molecule is COc1cc(S(C)(=O)=O)ccc1-c1nc2cc(C(C)=O)ccc2[nH]1. The summed E-state index contributed by atoms with van der Waals surface area (Å²) < 4.78 is 28.7. The average molecular weight is 344 g/mol. The summed E-state index contributed by atoms with van der Waals surface area (Å²) in [6, 6.07) is 9.88. The molecule has 2 aromatic carbocycles. The van der Waals surface area contributed by atoms with E-state index in [9.17, 15) is 13.2 Å². The van der Waals surface area contributed by atoms with Gasteiger partial charge in [0.15, 0.2) is 15.6 Å². The molecule has 6 nitrogen and oxygen atoms in total. The molecule has 24 heavy (non-hydrogen) atoms. The number of sulfone groups is 1. The number of carbonyl (C=O) groups excluding carboxylic acids is 1. The van der Waals surface area contributed by atoms with Gasteiger partial charge in [-0.25, -0.2) is 13.4 Å². The quantitative estimate of drug-likeness (QED) is 0.735. The van der Waals surface area contributed by atoms with Gasteiger partial charge in [-0.15, -0.1) is 0 Å². The van der Waals surface area contributed by atoms with Gasteiger partial charge in [0.1, 0.15) is 11.6 Å². The van der Waals surface area contributed by atoms with Crippen molar-refractivity contribution in [1.82, 2.24) is 9.97 Å². The number of rotatable bonds is 4. The highest BCUT2D eigenvalue weighted by molar-refractivity contribution is 7.90. The molecule has 0 aliphatic carbocycles. The van der Waals surface area contributed by atoms with Crippen molar-refractivity contribution in [3.05, 3.63) is 42.0 Å². The molecule has 3 rings (SSSR count). The Bertz CT molecular complexity index is 1050. The van der Waals surface area contributed by atoms with E-state index in [1.54, 1.807) is 24.3 Å². The van der Waals surface area contributed by atoms with E-state index in [2.05, 4.69) is 9.97 Å². The number of nitrogens with zero attached hydrogens (tertiary/aromatic N) is 1. The fourth-order valence-corrected chi connectivity index (χ4v) is 3.09. The van der Waals surface area contributed by atoms with E-state index in [0.29, 0.717) is 28.2 Å². The fourth-order valence-electron chi connectivity index (χ4n) is 2.45. The largest absolute Gasteiger partial charge is 0.496 e. The number of hydrogen-bond acceptors (Lipinski definition) is 5. The highest BCUT2D eigenvalue weighted by atomic mass is 32.2. The van der Waals surface area contributed by atoms with Gasteiger partial charge in [-0.05, 0) is 43.3 Å². The Kier molecular flexibility index (Phi) is 3.88. The van der Waals surface area contributed by atoms with Crippen LogP contribution >= 0.6 is 0 Å². The first kappa shape index (κ1) is 16.2. The predicted octanol–water partition coefficient (Wildman–Crippen LogP) is 2.84. The van der Waals surface area contributed by atoms with Crippen LogP contribution in [0, 0.1) is 0 Å². The number of fused-ring (bicyclic) bond motifs is 1. The zero-order chi connectivity index (χ0) is 17.5. The van der Waals surface area contributed by atoms with E-state index in [1.165, 1.54) is 26.2 Å². The third-order valence-electron chi connectivity index (χ3n) is 3.75. The molecular weight excluding hydrogens is 328 g/mol. The van der Waals surface area contributed by atoms with Crippen LogP contribution in [0.2, 0.25) is 0 Å². The number of ketones is 1. The second-order valence-electron chi connectivity index (χ2n) is 5.51. The zero-order valence-electron chi connectivity index (χ0n) is 13.5. The van der Waals surface area contributed by atoms with Crippen LogP contribution in [0.15, 0.2) is 41.3 Å². The number of hydrogen-bond donors (Lipinski definition) is 1. The molecule has 3 aromatic rings. The average Bonchev–Trinajstić information content (AvgIpc) is 2.96. The van der Waals surface area contributed by atoms with Crippen LogP contribution in [0.4, 0.5) is 0 Å².